The summed E-state index contributed by atoms with van der Waals surface area (Å²) in [6.45, 7) is 5.13. The first kappa shape index (κ1) is 16.3. The van der Waals surface area contributed by atoms with Crippen molar-refractivity contribution in [2.45, 2.75) is 32.9 Å². The summed E-state index contributed by atoms with van der Waals surface area (Å²) in [5.74, 6) is 0.547. The Labute approximate surface area is 131 Å². The Kier molecular flexibility index (Phi) is 5.78. The number of nitrogens with two attached hydrogens (primary N) is 1. The Morgan fingerprint density at radius 3 is 2.68 bits per heavy atom. The van der Waals surface area contributed by atoms with Crippen molar-refractivity contribution in [2.24, 2.45) is 0 Å². The van der Waals surface area contributed by atoms with E-state index >= 15 is 0 Å². The summed E-state index contributed by atoms with van der Waals surface area (Å²) in [6.07, 6.45) is 0.824. The second-order valence-electron chi connectivity index (χ2n) is 5.38. The molecule has 2 rings (SSSR count). The first-order valence-electron chi connectivity index (χ1n) is 7.58. The van der Waals surface area contributed by atoms with Gasteiger partial charge in [-0.15, -0.1) is 0 Å². The largest absolute Gasteiger partial charge is 0.492 e. The van der Waals surface area contributed by atoms with Gasteiger partial charge in [-0.1, -0.05) is 24.3 Å². The molecule has 0 radical (unpaired) electrons. The van der Waals surface area contributed by atoms with E-state index in [1.54, 1.807) is 12.1 Å². The van der Waals surface area contributed by atoms with Crippen molar-refractivity contribution in [3.8, 4) is 5.75 Å². The molecule has 22 heavy (non-hydrogen) atoms. The number of hydrogen-bond donors (Lipinski definition) is 2. The molecule has 3 nitrogen and oxygen atoms in total. The third-order valence-electron chi connectivity index (χ3n) is 3.51. The minimum absolute atomic E-state index is 0.174. The lowest BCUT2D eigenvalue weighted by Gasteiger charge is -2.15. The number of nitrogens with one attached hydrogen (secondary N) is 1. The van der Waals surface area contributed by atoms with Crippen LogP contribution in [0.25, 0.3) is 0 Å². The van der Waals surface area contributed by atoms with Gasteiger partial charge >= 0.3 is 0 Å². The van der Waals surface area contributed by atoms with Crippen LogP contribution in [0, 0.1) is 5.82 Å². The maximum Gasteiger partial charge on any atom is 0.142 e. The minimum atomic E-state index is -0.174. The van der Waals surface area contributed by atoms with Crippen molar-refractivity contribution in [1.29, 1.82) is 0 Å². The Bertz CT molecular complexity index is 616. The zero-order valence-electron chi connectivity index (χ0n) is 13.1. The summed E-state index contributed by atoms with van der Waals surface area (Å²) >= 11 is 0. The number of halogens is 1. The monoisotopic (exact) mass is 302 g/mol. The van der Waals surface area contributed by atoms with Crippen molar-refractivity contribution in [3.63, 3.8) is 0 Å². The Morgan fingerprint density at radius 2 is 2.00 bits per heavy atom. The van der Waals surface area contributed by atoms with Crippen molar-refractivity contribution in [2.75, 3.05) is 12.3 Å². The van der Waals surface area contributed by atoms with E-state index in [1.165, 1.54) is 6.07 Å². The molecule has 1 atom stereocenters. The molecule has 1 unspecified atom stereocenters. The number of hydrogen-bond acceptors (Lipinski definition) is 3. The number of rotatable bonds is 7. The minimum Gasteiger partial charge on any atom is -0.492 e. The van der Waals surface area contributed by atoms with Crippen LogP contribution in [-0.2, 0) is 13.0 Å². The fourth-order valence-corrected chi connectivity index (χ4v) is 2.36. The van der Waals surface area contributed by atoms with Crippen molar-refractivity contribution in [1.82, 2.24) is 5.32 Å². The SMILES string of the molecule is CCOc1ccc(CC(C)NCc2ccccc2F)cc1N. The number of ether oxygens (including phenoxy) is 1. The second kappa shape index (κ2) is 7.80. The van der Waals surface area contributed by atoms with Gasteiger partial charge in [0.25, 0.3) is 0 Å². The van der Waals surface area contributed by atoms with Crippen LogP contribution < -0.4 is 15.8 Å². The summed E-state index contributed by atoms with van der Waals surface area (Å²) in [7, 11) is 0. The molecule has 0 aliphatic heterocycles. The van der Waals surface area contributed by atoms with Crippen LogP contribution >= 0.6 is 0 Å². The Hall–Kier alpha value is -2.07. The summed E-state index contributed by atoms with van der Waals surface area (Å²) in [4.78, 5) is 0. The molecule has 0 aliphatic rings. The van der Waals surface area contributed by atoms with Gasteiger partial charge in [-0.05, 0) is 44.0 Å². The molecule has 2 aromatic carbocycles. The highest BCUT2D eigenvalue weighted by Crippen LogP contribution is 2.23. The second-order valence-corrected chi connectivity index (χ2v) is 5.38. The van der Waals surface area contributed by atoms with E-state index in [0.717, 1.165) is 17.7 Å². The van der Waals surface area contributed by atoms with Gasteiger partial charge in [0.1, 0.15) is 11.6 Å². The van der Waals surface area contributed by atoms with E-state index in [9.17, 15) is 4.39 Å². The Balaban J connectivity index is 1.90. The van der Waals surface area contributed by atoms with E-state index in [4.69, 9.17) is 10.5 Å². The zero-order chi connectivity index (χ0) is 15.9. The van der Waals surface area contributed by atoms with E-state index < -0.39 is 0 Å². The molecule has 0 saturated heterocycles. The topological polar surface area (TPSA) is 47.3 Å². The van der Waals surface area contributed by atoms with E-state index in [-0.39, 0.29) is 11.9 Å². The number of benzene rings is 2. The maximum absolute atomic E-state index is 13.6. The summed E-state index contributed by atoms with van der Waals surface area (Å²) < 4.78 is 19.0. The highest BCUT2D eigenvalue weighted by Gasteiger charge is 2.07. The molecular weight excluding hydrogens is 279 g/mol. The number of nitrogen functional groups attached to an aromatic ring is 1. The molecule has 0 aliphatic carbocycles. The van der Waals surface area contributed by atoms with Gasteiger partial charge in [-0.2, -0.15) is 0 Å². The van der Waals surface area contributed by atoms with Crippen molar-refractivity contribution in [3.05, 3.63) is 59.4 Å². The van der Waals surface area contributed by atoms with Crippen LogP contribution in [0.3, 0.4) is 0 Å². The quantitative estimate of drug-likeness (QED) is 0.769. The number of anilines is 1. The summed E-state index contributed by atoms with van der Waals surface area (Å²) in [5.41, 5.74) is 8.44. The molecular formula is C18H23FN2O. The summed E-state index contributed by atoms with van der Waals surface area (Å²) in [5, 5.41) is 3.34. The predicted molar refractivity (Wildman–Crippen MR) is 88.4 cm³/mol. The lowest BCUT2D eigenvalue weighted by atomic mass is 10.1. The zero-order valence-corrected chi connectivity index (χ0v) is 13.1. The molecule has 0 amide bonds. The first-order chi connectivity index (χ1) is 10.6. The predicted octanol–water partition coefficient (Wildman–Crippen LogP) is 3.53. The van der Waals surface area contributed by atoms with Gasteiger partial charge in [0, 0.05) is 18.2 Å². The molecule has 0 bridgehead atoms. The highest BCUT2D eigenvalue weighted by molar-refractivity contribution is 5.54. The Morgan fingerprint density at radius 1 is 1.23 bits per heavy atom. The van der Waals surface area contributed by atoms with Gasteiger partial charge in [-0.25, -0.2) is 4.39 Å². The lowest BCUT2D eigenvalue weighted by Crippen LogP contribution is -2.28. The average molecular weight is 302 g/mol. The third kappa shape index (κ3) is 4.46. The molecule has 2 aromatic rings. The van der Waals surface area contributed by atoms with E-state index in [2.05, 4.69) is 12.2 Å². The van der Waals surface area contributed by atoms with Crippen LogP contribution in [0.5, 0.6) is 5.75 Å². The van der Waals surface area contributed by atoms with Crippen LogP contribution in [0.1, 0.15) is 25.0 Å². The van der Waals surface area contributed by atoms with Gasteiger partial charge < -0.3 is 15.8 Å². The van der Waals surface area contributed by atoms with Crippen molar-refractivity contribution >= 4 is 5.69 Å². The fraction of sp³-hybridized carbons (Fsp3) is 0.333. The fourth-order valence-electron chi connectivity index (χ4n) is 2.36. The first-order valence-corrected chi connectivity index (χ1v) is 7.58. The van der Waals surface area contributed by atoms with Gasteiger partial charge in [-0.3, -0.25) is 0 Å². The molecule has 0 fully saturated rings. The van der Waals surface area contributed by atoms with Gasteiger partial charge in [0.2, 0.25) is 0 Å². The molecule has 0 spiro atoms. The van der Waals surface area contributed by atoms with Crippen LogP contribution in [-0.4, -0.2) is 12.6 Å². The maximum atomic E-state index is 13.6. The molecule has 4 heteroatoms. The average Bonchev–Trinajstić information content (AvgIpc) is 2.49. The lowest BCUT2D eigenvalue weighted by molar-refractivity contribution is 0.342. The molecule has 118 valence electrons. The molecule has 0 aromatic heterocycles. The van der Waals surface area contributed by atoms with Crippen LogP contribution in [0.15, 0.2) is 42.5 Å². The van der Waals surface area contributed by atoms with Gasteiger partial charge in [0.05, 0.1) is 12.3 Å². The smallest absolute Gasteiger partial charge is 0.142 e. The van der Waals surface area contributed by atoms with Crippen LogP contribution in [0.2, 0.25) is 0 Å². The van der Waals surface area contributed by atoms with Gasteiger partial charge in [0.15, 0.2) is 0 Å². The third-order valence-corrected chi connectivity index (χ3v) is 3.51. The summed E-state index contributed by atoms with van der Waals surface area (Å²) in [6, 6.07) is 12.9. The molecule has 0 heterocycles. The highest BCUT2D eigenvalue weighted by atomic mass is 19.1. The van der Waals surface area contributed by atoms with Crippen molar-refractivity contribution < 1.29 is 9.13 Å². The molecule has 0 saturated carbocycles. The normalized spacial score (nSPS) is 12.1. The standard InChI is InChI=1S/C18H23FN2O/c1-3-22-18-9-8-14(11-17(18)20)10-13(2)21-12-15-6-4-5-7-16(15)19/h4-9,11,13,21H,3,10,12,20H2,1-2H3. The van der Waals surface area contributed by atoms with E-state index in [0.29, 0.717) is 24.4 Å². The molecule has 3 N–H and O–H groups in total. The van der Waals surface area contributed by atoms with Crippen LogP contribution in [0.4, 0.5) is 10.1 Å². The van der Waals surface area contributed by atoms with E-state index in [1.807, 2.05) is 31.2 Å².